The molecule has 3 rings (SSSR count). The Kier molecular flexibility index (Phi) is 3.08. The summed E-state index contributed by atoms with van der Waals surface area (Å²) in [6, 6.07) is 4.23. The maximum atomic E-state index is 5.47. The summed E-state index contributed by atoms with van der Waals surface area (Å²) >= 11 is 0. The summed E-state index contributed by atoms with van der Waals surface area (Å²) in [7, 11) is 0. The lowest BCUT2D eigenvalue weighted by Gasteiger charge is -2.08. The molecule has 0 spiro atoms. The van der Waals surface area contributed by atoms with E-state index < -0.39 is 0 Å². The summed E-state index contributed by atoms with van der Waals surface area (Å²) < 4.78 is 5.47. The van der Waals surface area contributed by atoms with Gasteiger partial charge in [-0.3, -0.25) is 0 Å². The number of nitrogens with one attached hydrogen (secondary N) is 1. The highest BCUT2D eigenvalue weighted by Gasteiger charge is 2.15. The molecule has 0 radical (unpaired) electrons. The minimum atomic E-state index is 0.379. The van der Waals surface area contributed by atoms with Crippen molar-refractivity contribution in [3.63, 3.8) is 0 Å². The van der Waals surface area contributed by atoms with Gasteiger partial charge in [-0.1, -0.05) is 38.9 Å². The van der Waals surface area contributed by atoms with Crippen molar-refractivity contribution in [2.75, 3.05) is 0 Å². The third-order valence-electron chi connectivity index (χ3n) is 3.61. The summed E-state index contributed by atoms with van der Waals surface area (Å²) in [5.74, 6) is 1.81. The van der Waals surface area contributed by atoms with Gasteiger partial charge in [-0.15, -0.1) is 0 Å². The van der Waals surface area contributed by atoms with Crippen LogP contribution in [0.1, 0.15) is 50.9 Å². The topological polar surface area (TPSA) is 54.7 Å². The number of rotatable bonds is 3. The van der Waals surface area contributed by atoms with Crippen molar-refractivity contribution in [3.8, 4) is 11.3 Å². The van der Waals surface area contributed by atoms with Crippen LogP contribution < -0.4 is 0 Å². The van der Waals surface area contributed by atoms with E-state index in [-0.39, 0.29) is 0 Å². The molecule has 0 amide bonds. The number of nitrogens with zero attached hydrogens (tertiary/aromatic N) is 2. The number of hydrogen-bond donors (Lipinski definition) is 1. The van der Waals surface area contributed by atoms with Gasteiger partial charge in [0.2, 0.25) is 0 Å². The number of imidazole rings is 1. The lowest BCUT2D eigenvalue weighted by atomic mass is 9.97. The van der Waals surface area contributed by atoms with E-state index in [0.717, 1.165) is 28.1 Å². The maximum absolute atomic E-state index is 5.47. The van der Waals surface area contributed by atoms with Gasteiger partial charge in [0.25, 0.3) is 0 Å². The Hall–Kier alpha value is -2.10. The van der Waals surface area contributed by atoms with Crippen LogP contribution in [-0.4, -0.2) is 15.1 Å². The first-order chi connectivity index (χ1) is 9.58. The standard InChI is InChI=1S/C16H19N3O/c1-9(2)11-5-6-12(15-13(11)7-18-20-15)14-8-17-16(19-14)10(3)4/h5-10H,1-4H3,(H,17,19). The molecule has 0 fully saturated rings. The Morgan fingerprint density at radius 3 is 2.50 bits per heavy atom. The fourth-order valence-electron chi connectivity index (χ4n) is 2.46. The smallest absolute Gasteiger partial charge is 0.176 e. The Morgan fingerprint density at radius 2 is 1.85 bits per heavy atom. The van der Waals surface area contributed by atoms with Gasteiger partial charge in [-0.05, 0) is 17.5 Å². The van der Waals surface area contributed by atoms with Crippen LogP contribution in [0.5, 0.6) is 0 Å². The molecule has 2 aromatic heterocycles. The van der Waals surface area contributed by atoms with E-state index >= 15 is 0 Å². The van der Waals surface area contributed by atoms with Crippen molar-refractivity contribution in [2.24, 2.45) is 0 Å². The van der Waals surface area contributed by atoms with E-state index in [1.807, 2.05) is 6.20 Å². The molecular weight excluding hydrogens is 250 g/mol. The van der Waals surface area contributed by atoms with Crippen LogP contribution in [0, 0.1) is 0 Å². The average Bonchev–Trinajstić information content (AvgIpc) is 3.06. The fraction of sp³-hybridized carbons (Fsp3) is 0.375. The fourth-order valence-corrected chi connectivity index (χ4v) is 2.46. The van der Waals surface area contributed by atoms with Crippen LogP contribution in [0.15, 0.2) is 29.0 Å². The highest BCUT2D eigenvalue weighted by atomic mass is 16.5. The van der Waals surface area contributed by atoms with Gasteiger partial charge in [0.05, 0.1) is 18.1 Å². The third-order valence-corrected chi connectivity index (χ3v) is 3.61. The maximum Gasteiger partial charge on any atom is 0.176 e. The second kappa shape index (κ2) is 4.78. The average molecular weight is 269 g/mol. The zero-order chi connectivity index (χ0) is 14.3. The summed E-state index contributed by atoms with van der Waals surface area (Å²) in [5, 5.41) is 5.04. The number of H-pyrrole nitrogens is 1. The van der Waals surface area contributed by atoms with Crippen molar-refractivity contribution in [1.29, 1.82) is 0 Å². The minimum absolute atomic E-state index is 0.379. The highest BCUT2D eigenvalue weighted by molar-refractivity contribution is 5.93. The second-order valence-electron chi connectivity index (χ2n) is 5.76. The molecule has 0 bridgehead atoms. The zero-order valence-electron chi connectivity index (χ0n) is 12.3. The molecule has 3 aromatic rings. The predicted molar refractivity (Wildman–Crippen MR) is 79.8 cm³/mol. The second-order valence-corrected chi connectivity index (χ2v) is 5.76. The van der Waals surface area contributed by atoms with Gasteiger partial charge in [-0.25, -0.2) is 4.98 Å². The van der Waals surface area contributed by atoms with Gasteiger partial charge >= 0.3 is 0 Å². The lowest BCUT2D eigenvalue weighted by molar-refractivity contribution is 0.457. The van der Waals surface area contributed by atoms with Crippen molar-refractivity contribution in [2.45, 2.75) is 39.5 Å². The zero-order valence-corrected chi connectivity index (χ0v) is 12.3. The van der Waals surface area contributed by atoms with Crippen molar-refractivity contribution in [1.82, 2.24) is 15.1 Å². The molecule has 1 aromatic carbocycles. The van der Waals surface area contributed by atoms with Crippen LogP contribution >= 0.6 is 0 Å². The summed E-state index contributed by atoms with van der Waals surface area (Å²) in [5.41, 5.74) is 4.08. The Labute approximate surface area is 118 Å². The predicted octanol–water partition coefficient (Wildman–Crippen LogP) is 4.46. The Morgan fingerprint density at radius 1 is 1.05 bits per heavy atom. The van der Waals surface area contributed by atoms with Gasteiger partial charge < -0.3 is 9.51 Å². The van der Waals surface area contributed by atoms with E-state index in [0.29, 0.717) is 11.8 Å². The van der Waals surface area contributed by atoms with Crippen LogP contribution in [0.3, 0.4) is 0 Å². The first-order valence-electron chi connectivity index (χ1n) is 7.00. The summed E-state index contributed by atoms with van der Waals surface area (Å²) in [4.78, 5) is 7.78. The van der Waals surface area contributed by atoms with Crippen molar-refractivity contribution in [3.05, 3.63) is 35.9 Å². The molecule has 0 aliphatic rings. The van der Waals surface area contributed by atoms with Gasteiger partial charge in [0.1, 0.15) is 5.82 Å². The van der Waals surface area contributed by atoms with Gasteiger partial charge in [-0.2, -0.15) is 0 Å². The number of fused-ring (bicyclic) bond motifs is 1. The normalized spacial score (nSPS) is 11.9. The molecular formula is C16H19N3O. The lowest BCUT2D eigenvalue weighted by Crippen LogP contribution is -1.91. The molecule has 0 unspecified atom stereocenters. The molecule has 4 heteroatoms. The van der Waals surface area contributed by atoms with Crippen LogP contribution in [0.2, 0.25) is 0 Å². The molecule has 0 saturated heterocycles. The van der Waals surface area contributed by atoms with Crippen molar-refractivity contribution < 1.29 is 4.52 Å². The monoisotopic (exact) mass is 269 g/mol. The highest BCUT2D eigenvalue weighted by Crippen LogP contribution is 2.33. The van der Waals surface area contributed by atoms with E-state index in [9.17, 15) is 0 Å². The van der Waals surface area contributed by atoms with Crippen LogP contribution in [0.4, 0.5) is 0 Å². The van der Waals surface area contributed by atoms with E-state index in [4.69, 9.17) is 4.52 Å². The molecule has 0 aliphatic heterocycles. The molecule has 104 valence electrons. The quantitative estimate of drug-likeness (QED) is 0.763. The van der Waals surface area contributed by atoms with Crippen molar-refractivity contribution >= 4 is 11.0 Å². The van der Waals surface area contributed by atoms with E-state index in [1.165, 1.54) is 5.56 Å². The van der Waals surface area contributed by atoms with Crippen LogP contribution in [0.25, 0.3) is 22.2 Å². The molecule has 4 nitrogen and oxygen atoms in total. The molecule has 0 atom stereocenters. The van der Waals surface area contributed by atoms with Crippen LogP contribution in [-0.2, 0) is 0 Å². The number of aromatic amines is 1. The number of benzene rings is 1. The molecule has 2 heterocycles. The molecule has 1 N–H and O–H groups in total. The minimum Gasteiger partial charge on any atom is -0.356 e. The SMILES string of the molecule is CC(C)c1ncc(-c2ccc(C(C)C)c3cnoc23)[nH]1. The Bertz CT molecular complexity index is 737. The Balaban J connectivity index is 2.17. The first-order valence-corrected chi connectivity index (χ1v) is 7.00. The third kappa shape index (κ3) is 2.01. The summed E-state index contributed by atoms with van der Waals surface area (Å²) in [6.45, 7) is 8.59. The van der Waals surface area contributed by atoms with Gasteiger partial charge in [0.15, 0.2) is 5.58 Å². The van der Waals surface area contributed by atoms with E-state index in [2.05, 4.69) is 55.0 Å². The first kappa shape index (κ1) is 12.9. The largest absolute Gasteiger partial charge is 0.356 e. The van der Waals surface area contributed by atoms with Gasteiger partial charge in [0, 0.05) is 16.9 Å². The molecule has 0 saturated carbocycles. The number of hydrogen-bond acceptors (Lipinski definition) is 3. The molecule has 20 heavy (non-hydrogen) atoms. The number of aromatic nitrogens is 3. The summed E-state index contributed by atoms with van der Waals surface area (Å²) in [6.07, 6.45) is 3.66. The van der Waals surface area contributed by atoms with E-state index in [1.54, 1.807) is 6.20 Å². The molecule has 0 aliphatic carbocycles.